The zero-order valence-electron chi connectivity index (χ0n) is 17.0. The molecule has 0 fully saturated rings. The number of carbonyl (C=O) groups excluding carboxylic acids is 1. The number of ether oxygens (including phenoxy) is 2. The van der Waals surface area contributed by atoms with E-state index in [1.807, 2.05) is 6.92 Å². The van der Waals surface area contributed by atoms with Gasteiger partial charge in [0.2, 0.25) is 0 Å². The van der Waals surface area contributed by atoms with E-state index >= 15 is 0 Å². The summed E-state index contributed by atoms with van der Waals surface area (Å²) in [4.78, 5) is 14.3. The summed E-state index contributed by atoms with van der Waals surface area (Å²) < 4.78 is 11.7. The molecule has 1 heterocycles. The Morgan fingerprint density at radius 1 is 0.903 bits per heavy atom. The highest BCUT2D eigenvalue weighted by atomic mass is 32.1. The van der Waals surface area contributed by atoms with Crippen molar-refractivity contribution in [3.05, 3.63) is 77.9 Å². The molecule has 0 bridgehead atoms. The number of benzene rings is 3. The molecule has 0 saturated carbocycles. The third-order valence-corrected chi connectivity index (χ3v) is 6.05. The van der Waals surface area contributed by atoms with Crippen molar-refractivity contribution in [2.24, 2.45) is 0 Å². The second kappa shape index (κ2) is 9.20. The van der Waals surface area contributed by atoms with Gasteiger partial charge in [0, 0.05) is 32.7 Å². The lowest BCUT2D eigenvalue weighted by atomic mass is 9.97. The predicted octanol–water partition coefficient (Wildman–Crippen LogP) is 5.63. The van der Waals surface area contributed by atoms with Crippen LogP contribution in [-0.2, 0) is 4.74 Å². The van der Waals surface area contributed by atoms with Gasteiger partial charge in [-0.05, 0) is 79.2 Å². The predicted molar refractivity (Wildman–Crippen MR) is 122 cm³/mol. The monoisotopic (exact) mass is 434 g/mol. The maximum atomic E-state index is 13.5. The topological polar surface area (TPSA) is 76.0 Å². The molecule has 0 radical (unpaired) electrons. The van der Waals surface area contributed by atoms with Crippen molar-refractivity contribution in [1.29, 1.82) is 0 Å². The fourth-order valence-electron chi connectivity index (χ4n) is 3.34. The fourth-order valence-corrected chi connectivity index (χ4v) is 4.57. The number of fused-ring (bicyclic) bond motifs is 1. The van der Waals surface area contributed by atoms with Gasteiger partial charge in [0.25, 0.3) is 0 Å². The third-order valence-electron chi connectivity index (χ3n) is 4.85. The molecule has 5 nitrogen and oxygen atoms in total. The van der Waals surface area contributed by atoms with E-state index in [1.165, 1.54) is 11.3 Å². The molecule has 0 saturated heterocycles. The van der Waals surface area contributed by atoms with E-state index < -0.39 is 0 Å². The van der Waals surface area contributed by atoms with Gasteiger partial charge in [-0.15, -0.1) is 11.3 Å². The van der Waals surface area contributed by atoms with Crippen LogP contribution in [0.4, 0.5) is 0 Å². The number of hydrogen-bond donors (Lipinski definition) is 2. The van der Waals surface area contributed by atoms with Crippen molar-refractivity contribution in [3.8, 4) is 27.7 Å². The summed E-state index contributed by atoms with van der Waals surface area (Å²) in [6.45, 7) is 3.54. The second-order valence-electron chi connectivity index (χ2n) is 6.93. The molecule has 6 heteroatoms. The molecule has 158 valence electrons. The molecule has 4 aromatic rings. The van der Waals surface area contributed by atoms with E-state index in [0.717, 1.165) is 20.5 Å². The summed E-state index contributed by atoms with van der Waals surface area (Å²) >= 11 is 1.44. The lowest BCUT2D eigenvalue weighted by Crippen LogP contribution is -2.07. The highest BCUT2D eigenvalue weighted by molar-refractivity contribution is 7.22. The van der Waals surface area contributed by atoms with Crippen LogP contribution in [0, 0.1) is 0 Å². The van der Waals surface area contributed by atoms with Crippen LogP contribution < -0.4 is 4.74 Å². The third kappa shape index (κ3) is 4.55. The van der Waals surface area contributed by atoms with Crippen LogP contribution in [0.3, 0.4) is 0 Å². The summed E-state index contributed by atoms with van der Waals surface area (Å²) in [7, 11) is 0. The molecule has 3 aromatic carbocycles. The van der Waals surface area contributed by atoms with Gasteiger partial charge < -0.3 is 19.7 Å². The summed E-state index contributed by atoms with van der Waals surface area (Å²) in [6.07, 6.45) is 0. The second-order valence-corrected chi connectivity index (χ2v) is 7.98. The van der Waals surface area contributed by atoms with Crippen LogP contribution in [0.1, 0.15) is 22.8 Å². The molecule has 1 aromatic heterocycles. The zero-order valence-corrected chi connectivity index (χ0v) is 17.8. The standard InChI is InChI=1S/C25H22O5S/c1-2-29-13-14-30-20-10-5-16(6-11-20)24(28)23-21-12-9-19(27)15-22(21)31-25(23)17-3-7-18(26)8-4-17/h3-12,15,26-27H,2,13-14H2,1H3. The van der Waals surface area contributed by atoms with Gasteiger partial charge in [-0.1, -0.05) is 0 Å². The first-order valence-electron chi connectivity index (χ1n) is 9.97. The van der Waals surface area contributed by atoms with Crippen LogP contribution >= 0.6 is 11.3 Å². The number of phenols is 2. The molecule has 0 aliphatic rings. The largest absolute Gasteiger partial charge is 0.508 e. The number of aromatic hydroxyl groups is 2. The quantitative estimate of drug-likeness (QED) is 0.278. The maximum Gasteiger partial charge on any atom is 0.195 e. The fraction of sp³-hybridized carbons (Fsp3) is 0.160. The highest BCUT2D eigenvalue weighted by Gasteiger charge is 2.22. The average molecular weight is 435 g/mol. The summed E-state index contributed by atoms with van der Waals surface area (Å²) in [6, 6.07) is 18.8. The molecule has 0 aliphatic carbocycles. The first kappa shape index (κ1) is 20.9. The smallest absolute Gasteiger partial charge is 0.195 e. The first-order valence-corrected chi connectivity index (χ1v) is 10.8. The Morgan fingerprint density at radius 3 is 2.32 bits per heavy atom. The normalized spacial score (nSPS) is 11.0. The average Bonchev–Trinajstić information content (AvgIpc) is 3.15. The lowest BCUT2D eigenvalue weighted by molar-refractivity contribution is 0.104. The van der Waals surface area contributed by atoms with Crippen molar-refractivity contribution in [3.63, 3.8) is 0 Å². The molecular formula is C25H22O5S. The minimum Gasteiger partial charge on any atom is -0.508 e. The Morgan fingerprint density at radius 2 is 1.61 bits per heavy atom. The van der Waals surface area contributed by atoms with E-state index in [1.54, 1.807) is 66.7 Å². The van der Waals surface area contributed by atoms with Crippen molar-refractivity contribution in [2.75, 3.05) is 19.8 Å². The van der Waals surface area contributed by atoms with E-state index in [2.05, 4.69) is 0 Å². The SMILES string of the molecule is CCOCCOc1ccc(C(=O)c2c(-c3ccc(O)cc3)sc3cc(O)ccc23)cc1. The summed E-state index contributed by atoms with van der Waals surface area (Å²) in [5.41, 5.74) is 1.96. The number of ketones is 1. The molecule has 0 amide bonds. The van der Waals surface area contributed by atoms with E-state index in [-0.39, 0.29) is 17.3 Å². The maximum absolute atomic E-state index is 13.5. The minimum absolute atomic E-state index is 0.110. The van der Waals surface area contributed by atoms with Gasteiger partial charge >= 0.3 is 0 Å². The number of phenolic OH excluding ortho intramolecular Hbond substituents is 2. The molecule has 0 unspecified atom stereocenters. The van der Waals surface area contributed by atoms with Crippen LogP contribution in [-0.4, -0.2) is 35.8 Å². The van der Waals surface area contributed by atoms with Crippen molar-refractivity contribution in [1.82, 2.24) is 0 Å². The molecule has 0 spiro atoms. The van der Waals surface area contributed by atoms with Gasteiger partial charge in [-0.3, -0.25) is 4.79 Å². The van der Waals surface area contributed by atoms with Gasteiger partial charge in [-0.25, -0.2) is 0 Å². The van der Waals surface area contributed by atoms with Crippen LogP contribution in [0.25, 0.3) is 20.5 Å². The molecule has 2 N–H and O–H groups in total. The Balaban J connectivity index is 1.70. The van der Waals surface area contributed by atoms with Gasteiger partial charge in [0.05, 0.1) is 6.61 Å². The Kier molecular flexibility index (Phi) is 6.21. The van der Waals surface area contributed by atoms with Gasteiger partial charge in [-0.2, -0.15) is 0 Å². The van der Waals surface area contributed by atoms with Crippen molar-refractivity contribution in [2.45, 2.75) is 6.92 Å². The minimum atomic E-state index is -0.110. The van der Waals surface area contributed by atoms with Crippen LogP contribution in [0.2, 0.25) is 0 Å². The van der Waals surface area contributed by atoms with Gasteiger partial charge in [0.15, 0.2) is 5.78 Å². The van der Waals surface area contributed by atoms with E-state index in [0.29, 0.717) is 36.7 Å². The lowest BCUT2D eigenvalue weighted by Gasteiger charge is -2.08. The molecule has 4 rings (SSSR count). The Hall–Kier alpha value is -3.35. The number of thiophene rings is 1. The van der Waals surface area contributed by atoms with Gasteiger partial charge in [0.1, 0.15) is 23.9 Å². The van der Waals surface area contributed by atoms with E-state index in [9.17, 15) is 15.0 Å². The molecular weight excluding hydrogens is 412 g/mol. The number of carbonyl (C=O) groups is 1. The highest BCUT2D eigenvalue weighted by Crippen LogP contribution is 2.41. The summed E-state index contributed by atoms with van der Waals surface area (Å²) in [5.74, 6) is 0.879. The van der Waals surface area contributed by atoms with Crippen molar-refractivity contribution < 1.29 is 24.5 Å². The molecule has 31 heavy (non-hydrogen) atoms. The van der Waals surface area contributed by atoms with Crippen LogP contribution in [0.15, 0.2) is 66.7 Å². The zero-order chi connectivity index (χ0) is 21.8. The summed E-state index contributed by atoms with van der Waals surface area (Å²) in [5, 5.41) is 20.3. The Bertz CT molecular complexity index is 1190. The molecule has 0 atom stereocenters. The van der Waals surface area contributed by atoms with Crippen molar-refractivity contribution >= 4 is 27.2 Å². The Labute approximate surface area is 184 Å². The number of hydrogen-bond acceptors (Lipinski definition) is 6. The van der Waals surface area contributed by atoms with E-state index in [4.69, 9.17) is 9.47 Å². The molecule has 0 aliphatic heterocycles. The number of rotatable bonds is 8. The van der Waals surface area contributed by atoms with Crippen LogP contribution in [0.5, 0.6) is 17.2 Å². The first-order chi connectivity index (χ1) is 15.1.